The van der Waals surface area contributed by atoms with Crippen LogP contribution in [0.5, 0.6) is 0 Å². The highest BCUT2D eigenvalue weighted by Crippen LogP contribution is 2.13. The Kier molecular flexibility index (Phi) is 2.98. The minimum Gasteiger partial charge on any atom is -0.366 e. The van der Waals surface area contributed by atoms with Gasteiger partial charge in [0.1, 0.15) is 10.4 Å². The van der Waals surface area contributed by atoms with Gasteiger partial charge in [0, 0.05) is 18.8 Å². The van der Waals surface area contributed by atoms with Crippen molar-refractivity contribution in [3.63, 3.8) is 0 Å². The minimum atomic E-state index is 0.763. The standard InChI is InChI=1S/C13H11BrN4/c14-11-8-13-16-12(6-7-18(13)17-11)15-9-10-4-2-1-3-5-10/h1-8H,9H2,(H,15,16). The second-order valence-corrected chi connectivity index (χ2v) is 4.73. The van der Waals surface area contributed by atoms with Crippen LogP contribution in [0.2, 0.25) is 0 Å². The molecule has 2 heterocycles. The zero-order chi connectivity index (χ0) is 12.4. The molecule has 18 heavy (non-hydrogen) atoms. The molecule has 0 saturated heterocycles. The number of halogens is 1. The van der Waals surface area contributed by atoms with E-state index in [4.69, 9.17) is 0 Å². The fourth-order valence-electron chi connectivity index (χ4n) is 1.74. The second kappa shape index (κ2) is 4.78. The number of hydrogen-bond acceptors (Lipinski definition) is 3. The molecule has 3 rings (SSSR count). The molecule has 0 saturated carbocycles. The first-order valence-corrected chi connectivity index (χ1v) is 6.40. The van der Waals surface area contributed by atoms with Crippen LogP contribution in [-0.4, -0.2) is 14.6 Å². The van der Waals surface area contributed by atoms with Crippen molar-refractivity contribution in [1.82, 2.24) is 14.6 Å². The molecule has 0 spiro atoms. The van der Waals surface area contributed by atoms with Crippen LogP contribution in [0.1, 0.15) is 5.56 Å². The monoisotopic (exact) mass is 302 g/mol. The lowest BCUT2D eigenvalue weighted by molar-refractivity contribution is 0.925. The molecular formula is C13H11BrN4. The van der Waals surface area contributed by atoms with Gasteiger partial charge in [-0.15, -0.1) is 0 Å². The summed E-state index contributed by atoms with van der Waals surface area (Å²) in [6.45, 7) is 0.763. The third-order valence-electron chi connectivity index (χ3n) is 2.61. The average molecular weight is 303 g/mol. The Morgan fingerprint density at radius 3 is 2.83 bits per heavy atom. The number of nitrogens with zero attached hydrogens (tertiary/aromatic N) is 3. The predicted octanol–water partition coefficient (Wildman–Crippen LogP) is 3.10. The fourth-order valence-corrected chi connectivity index (χ4v) is 2.11. The van der Waals surface area contributed by atoms with Gasteiger partial charge in [0.05, 0.1) is 0 Å². The maximum Gasteiger partial charge on any atom is 0.158 e. The largest absolute Gasteiger partial charge is 0.366 e. The van der Waals surface area contributed by atoms with E-state index in [1.807, 2.05) is 36.5 Å². The van der Waals surface area contributed by atoms with Gasteiger partial charge in [0.2, 0.25) is 0 Å². The first-order valence-electron chi connectivity index (χ1n) is 5.61. The summed E-state index contributed by atoms with van der Waals surface area (Å²) in [6, 6.07) is 14.0. The molecule has 0 bridgehead atoms. The highest BCUT2D eigenvalue weighted by Gasteiger charge is 2.01. The van der Waals surface area contributed by atoms with Gasteiger partial charge in [0.15, 0.2) is 5.65 Å². The Balaban J connectivity index is 1.78. The Morgan fingerprint density at radius 1 is 1.17 bits per heavy atom. The topological polar surface area (TPSA) is 42.2 Å². The molecule has 1 N–H and O–H groups in total. The quantitative estimate of drug-likeness (QED) is 0.808. The van der Waals surface area contributed by atoms with Crippen molar-refractivity contribution < 1.29 is 0 Å². The normalized spacial score (nSPS) is 10.7. The summed E-state index contributed by atoms with van der Waals surface area (Å²) in [5, 5.41) is 7.51. The minimum absolute atomic E-state index is 0.763. The number of hydrogen-bond donors (Lipinski definition) is 1. The fraction of sp³-hybridized carbons (Fsp3) is 0.0769. The Hall–Kier alpha value is -1.88. The molecule has 4 nitrogen and oxygen atoms in total. The van der Waals surface area contributed by atoms with Crippen molar-refractivity contribution in [3.05, 3.63) is 58.8 Å². The van der Waals surface area contributed by atoms with Gasteiger partial charge in [-0.1, -0.05) is 30.3 Å². The number of benzene rings is 1. The van der Waals surface area contributed by atoms with Gasteiger partial charge in [-0.3, -0.25) is 0 Å². The van der Waals surface area contributed by atoms with E-state index in [2.05, 4.69) is 43.5 Å². The summed E-state index contributed by atoms with van der Waals surface area (Å²) in [7, 11) is 0. The Labute approximate surface area is 113 Å². The van der Waals surface area contributed by atoms with Crippen molar-refractivity contribution in [2.45, 2.75) is 6.54 Å². The second-order valence-electron chi connectivity index (χ2n) is 3.92. The van der Waals surface area contributed by atoms with E-state index in [-0.39, 0.29) is 0 Å². The molecule has 90 valence electrons. The van der Waals surface area contributed by atoms with E-state index in [1.165, 1.54) is 5.56 Å². The zero-order valence-electron chi connectivity index (χ0n) is 9.55. The first-order chi connectivity index (χ1) is 8.81. The molecule has 3 aromatic rings. The molecule has 0 aliphatic carbocycles. The molecule has 1 aromatic carbocycles. The van der Waals surface area contributed by atoms with Crippen molar-refractivity contribution in [2.75, 3.05) is 5.32 Å². The van der Waals surface area contributed by atoms with Crippen LogP contribution in [-0.2, 0) is 6.54 Å². The van der Waals surface area contributed by atoms with E-state index < -0.39 is 0 Å². The summed E-state index contributed by atoms with van der Waals surface area (Å²) in [5.74, 6) is 0.846. The highest BCUT2D eigenvalue weighted by molar-refractivity contribution is 9.10. The summed E-state index contributed by atoms with van der Waals surface area (Å²) in [4.78, 5) is 4.47. The zero-order valence-corrected chi connectivity index (χ0v) is 11.1. The molecule has 0 amide bonds. The Bertz CT molecular complexity index is 663. The summed E-state index contributed by atoms with van der Waals surface area (Å²) in [6.07, 6.45) is 1.89. The van der Waals surface area contributed by atoms with E-state index in [0.717, 1.165) is 22.6 Å². The van der Waals surface area contributed by atoms with Crippen LogP contribution in [0.3, 0.4) is 0 Å². The van der Waals surface area contributed by atoms with Gasteiger partial charge < -0.3 is 5.32 Å². The molecule has 5 heteroatoms. The summed E-state index contributed by atoms with van der Waals surface area (Å²) in [5.41, 5.74) is 2.05. The first kappa shape index (κ1) is 11.2. The molecule has 0 atom stereocenters. The lowest BCUT2D eigenvalue weighted by Gasteiger charge is -2.05. The molecule has 0 fully saturated rings. The predicted molar refractivity (Wildman–Crippen MR) is 74.5 cm³/mol. The summed E-state index contributed by atoms with van der Waals surface area (Å²) < 4.78 is 2.52. The van der Waals surface area contributed by atoms with Gasteiger partial charge >= 0.3 is 0 Å². The van der Waals surface area contributed by atoms with Crippen LogP contribution < -0.4 is 5.32 Å². The molecule has 0 aliphatic rings. The SMILES string of the molecule is Brc1cc2nc(NCc3ccccc3)ccn2n1. The lowest BCUT2D eigenvalue weighted by atomic mass is 10.2. The number of fused-ring (bicyclic) bond motifs is 1. The lowest BCUT2D eigenvalue weighted by Crippen LogP contribution is -2.02. The van der Waals surface area contributed by atoms with Gasteiger partial charge in [-0.05, 0) is 27.6 Å². The molecule has 0 aliphatic heterocycles. The number of nitrogens with one attached hydrogen (secondary N) is 1. The summed E-state index contributed by atoms with van der Waals surface area (Å²) >= 11 is 3.33. The van der Waals surface area contributed by atoms with Crippen molar-refractivity contribution in [1.29, 1.82) is 0 Å². The number of aromatic nitrogens is 3. The number of anilines is 1. The van der Waals surface area contributed by atoms with Crippen molar-refractivity contribution in [3.8, 4) is 0 Å². The van der Waals surface area contributed by atoms with Crippen LogP contribution in [0.4, 0.5) is 5.82 Å². The average Bonchev–Trinajstić information content (AvgIpc) is 2.77. The van der Waals surface area contributed by atoms with E-state index in [1.54, 1.807) is 4.52 Å². The number of rotatable bonds is 3. The van der Waals surface area contributed by atoms with Crippen LogP contribution in [0, 0.1) is 0 Å². The third-order valence-corrected chi connectivity index (χ3v) is 3.00. The maximum atomic E-state index is 4.47. The molecule has 2 aromatic heterocycles. The molecule has 0 radical (unpaired) electrons. The molecule has 0 unspecified atom stereocenters. The van der Waals surface area contributed by atoms with E-state index >= 15 is 0 Å². The van der Waals surface area contributed by atoms with Crippen molar-refractivity contribution in [2.24, 2.45) is 0 Å². The van der Waals surface area contributed by atoms with Crippen LogP contribution in [0.15, 0.2) is 53.3 Å². The Morgan fingerprint density at radius 2 is 2.00 bits per heavy atom. The van der Waals surface area contributed by atoms with E-state index in [0.29, 0.717) is 0 Å². The van der Waals surface area contributed by atoms with Gasteiger partial charge in [-0.2, -0.15) is 5.10 Å². The maximum absolute atomic E-state index is 4.47. The van der Waals surface area contributed by atoms with Crippen LogP contribution >= 0.6 is 15.9 Å². The van der Waals surface area contributed by atoms with Gasteiger partial charge in [-0.25, -0.2) is 9.50 Å². The molecular weight excluding hydrogens is 292 g/mol. The smallest absolute Gasteiger partial charge is 0.158 e. The van der Waals surface area contributed by atoms with Crippen LogP contribution in [0.25, 0.3) is 5.65 Å². The highest BCUT2D eigenvalue weighted by atomic mass is 79.9. The van der Waals surface area contributed by atoms with E-state index in [9.17, 15) is 0 Å². The van der Waals surface area contributed by atoms with Crippen molar-refractivity contribution >= 4 is 27.4 Å². The third kappa shape index (κ3) is 2.36. The van der Waals surface area contributed by atoms with Gasteiger partial charge in [0.25, 0.3) is 0 Å².